The van der Waals surface area contributed by atoms with Gasteiger partial charge in [-0.3, -0.25) is 9.69 Å². The van der Waals surface area contributed by atoms with E-state index < -0.39 is 0 Å². The van der Waals surface area contributed by atoms with Gasteiger partial charge in [0.15, 0.2) is 16.7 Å². The van der Waals surface area contributed by atoms with Crippen molar-refractivity contribution in [3.8, 4) is 11.5 Å². The minimum Gasteiger partial charge on any atom is -0.504 e. The van der Waals surface area contributed by atoms with Gasteiger partial charge >= 0.3 is 0 Å². The van der Waals surface area contributed by atoms with Crippen molar-refractivity contribution in [3.05, 3.63) is 85.7 Å². The first-order valence-corrected chi connectivity index (χ1v) is 12.3. The lowest BCUT2D eigenvalue weighted by atomic mass is 10.1. The standard InChI is InChI=1S/C27H25BrN2O3S/c1-15-6-8-17(3)21(10-15)29-27-30(22-11-16(2)7-9-18(22)4)26(32)24(34-27)13-19-12-20(28)14-23(33-5)25(19)31/h6-14,31H,1-5H3. The molecule has 1 amide bonds. The number of benzene rings is 3. The molecule has 0 atom stereocenters. The summed E-state index contributed by atoms with van der Waals surface area (Å²) in [5, 5.41) is 11.2. The van der Waals surface area contributed by atoms with Crippen LogP contribution in [0.25, 0.3) is 6.08 Å². The summed E-state index contributed by atoms with van der Waals surface area (Å²) in [5.41, 5.74) is 6.24. The van der Waals surface area contributed by atoms with Gasteiger partial charge in [0.25, 0.3) is 5.91 Å². The summed E-state index contributed by atoms with van der Waals surface area (Å²) >= 11 is 4.73. The lowest BCUT2D eigenvalue weighted by Crippen LogP contribution is -2.29. The zero-order valence-electron chi connectivity index (χ0n) is 19.6. The lowest BCUT2D eigenvalue weighted by molar-refractivity contribution is -0.113. The van der Waals surface area contributed by atoms with Crippen LogP contribution in [-0.2, 0) is 4.79 Å². The highest BCUT2D eigenvalue weighted by Crippen LogP contribution is 2.42. The minimum atomic E-state index is -0.193. The molecule has 0 unspecified atom stereocenters. The number of carbonyl (C=O) groups is 1. The Kier molecular flexibility index (Phi) is 6.86. The van der Waals surface area contributed by atoms with Crippen LogP contribution >= 0.6 is 27.7 Å². The van der Waals surface area contributed by atoms with Gasteiger partial charge in [0, 0.05) is 10.0 Å². The Labute approximate surface area is 212 Å². The van der Waals surface area contributed by atoms with Crippen LogP contribution in [0.5, 0.6) is 11.5 Å². The van der Waals surface area contributed by atoms with E-state index in [4.69, 9.17) is 9.73 Å². The van der Waals surface area contributed by atoms with Crippen molar-refractivity contribution >= 4 is 56.2 Å². The number of methoxy groups -OCH3 is 1. The Hall–Kier alpha value is -3.03. The third kappa shape index (κ3) is 4.76. The average molecular weight is 537 g/mol. The number of ether oxygens (including phenoxy) is 1. The molecule has 0 bridgehead atoms. The zero-order valence-corrected chi connectivity index (χ0v) is 22.0. The van der Waals surface area contributed by atoms with Crippen molar-refractivity contribution in [3.63, 3.8) is 0 Å². The van der Waals surface area contributed by atoms with Crippen molar-refractivity contribution in [1.29, 1.82) is 0 Å². The van der Waals surface area contributed by atoms with Crippen LogP contribution in [0.3, 0.4) is 0 Å². The maximum Gasteiger partial charge on any atom is 0.271 e. The van der Waals surface area contributed by atoms with Crippen LogP contribution in [0.4, 0.5) is 11.4 Å². The number of phenols is 1. The Balaban J connectivity index is 1.88. The molecule has 34 heavy (non-hydrogen) atoms. The second-order valence-corrected chi connectivity index (χ2v) is 10.2. The van der Waals surface area contributed by atoms with E-state index in [-0.39, 0.29) is 11.7 Å². The van der Waals surface area contributed by atoms with E-state index in [1.54, 1.807) is 23.1 Å². The van der Waals surface area contributed by atoms with E-state index in [9.17, 15) is 9.90 Å². The first-order chi connectivity index (χ1) is 16.2. The maximum atomic E-state index is 13.7. The van der Waals surface area contributed by atoms with Crippen LogP contribution in [0.1, 0.15) is 27.8 Å². The number of hydrogen-bond donors (Lipinski definition) is 1. The van der Waals surface area contributed by atoms with E-state index in [1.165, 1.54) is 18.9 Å². The highest BCUT2D eigenvalue weighted by molar-refractivity contribution is 9.10. The minimum absolute atomic E-state index is 0.0233. The molecule has 5 nitrogen and oxygen atoms in total. The van der Waals surface area contributed by atoms with Crippen molar-refractivity contribution in [2.24, 2.45) is 4.99 Å². The predicted molar refractivity (Wildman–Crippen MR) is 144 cm³/mol. The van der Waals surface area contributed by atoms with Crippen molar-refractivity contribution in [2.75, 3.05) is 12.0 Å². The first kappa shape index (κ1) is 24.1. The Morgan fingerprint density at radius 2 is 1.68 bits per heavy atom. The lowest BCUT2D eigenvalue weighted by Gasteiger charge is -2.19. The molecular weight excluding hydrogens is 512 g/mol. The fraction of sp³-hybridized carbons (Fsp3) is 0.185. The summed E-state index contributed by atoms with van der Waals surface area (Å²) in [4.78, 5) is 20.7. The monoisotopic (exact) mass is 536 g/mol. The molecule has 0 aromatic heterocycles. The highest BCUT2D eigenvalue weighted by atomic mass is 79.9. The summed E-state index contributed by atoms with van der Waals surface area (Å²) in [6.45, 7) is 8.01. The van der Waals surface area contributed by atoms with Gasteiger partial charge < -0.3 is 9.84 Å². The molecule has 1 aliphatic heterocycles. The summed E-state index contributed by atoms with van der Waals surface area (Å²) < 4.78 is 6.00. The molecule has 3 aromatic rings. The summed E-state index contributed by atoms with van der Waals surface area (Å²) in [5.74, 6) is 0.109. The molecule has 0 spiro atoms. The Morgan fingerprint density at radius 3 is 2.38 bits per heavy atom. The zero-order chi connectivity index (χ0) is 24.6. The number of rotatable bonds is 4. The number of aliphatic imine (C=N–C) groups is 1. The largest absolute Gasteiger partial charge is 0.504 e. The van der Waals surface area contributed by atoms with Gasteiger partial charge in [-0.05, 0) is 92.1 Å². The van der Waals surface area contributed by atoms with E-state index in [0.29, 0.717) is 21.4 Å². The number of amidine groups is 1. The number of phenolic OH excluding ortho intramolecular Hbond substituents is 1. The van der Waals surface area contributed by atoms with Gasteiger partial charge in [0.05, 0.1) is 23.4 Å². The third-order valence-corrected chi connectivity index (χ3v) is 7.00. The molecular formula is C27H25BrN2O3S. The van der Waals surface area contributed by atoms with E-state index >= 15 is 0 Å². The van der Waals surface area contributed by atoms with Gasteiger partial charge in [-0.2, -0.15) is 0 Å². The summed E-state index contributed by atoms with van der Waals surface area (Å²) in [6, 6.07) is 15.5. The number of anilines is 1. The fourth-order valence-corrected chi connectivity index (χ4v) is 5.10. The van der Waals surface area contributed by atoms with Gasteiger partial charge in [-0.15, -0.1) is 0 Å². The van der Waals surface area contributed by atoms with Crippen LogP contribution in [0, 0.1) is 27.7 Å². The molecule has 1 saturated heterocycles. The Bertz CT molecular complexity index is 1360. The SMILES string of the molecule is COc1cc(Br)cc(C=C2SC(=Nc3cc(C)ccc3C)N(c3cc(C)ccc3C)C2=O)c1O. The average Bonchev–Trinajstić information content (AvgIpc) is 3.09. The number of thioether (sulfide) groups is 1. The second-order valence-electron chi connectivity index (χ2n) is 8.27. The second kappa shape index (κ2) is 9.68. The topological polar surface area (TPSA) is 62.1 Å². The number of hydrogen-bond acceptors (Lipinski definition) is 5. The van der Waals surface area contributed by atoms with Gasteiger partial charge in [-0.1, -0.05) is 40.2 Å². The van der Waals surface area contributed by atoms with Crippen LogP contribution in [0.2, 0.25) is 0 Å². The number of nitrogens with zero attached hydrogens (tertiary/aromatic N) is 2. The predicted octanol–water partition coefficient (Wildman–Crippen LogP) is 7.21. The summed E-state index contributed by atoms with van der Waals surface area (Å²) in [6.07, 6.45) is 1.68. The van der Waals surface area contributed by atoms with E-state index in [1.807, 2.05) is 64.1 Å². The van der Waals surface area contributed by atoms with Crippen LogP contribution in [0.15, 0.2) is 62.9 Å². The highest BCUT2D eigenvalue weighted by Gasteiger charge is 2.36. The van der Waals surface area contributed by atoms with Crippen LogP contribution < -0.4 is 9.64 Å². The Morgan fingerprint density at radius 1 is 1.00 bits per heavy atom. The number of amides is 1. The molecule has 1 aliphatic rings. The molecule has 174 valence electrons. The number of halogens is 1. The maximum absolute atomic E-state index is 13.7. The molecule has 0 aliphatic carbocycles. The molecule has 1 fully saturated rings. The van der Waals surface area contributed by atoms with Crippen molar-refractivity contribution in [1.82, 2.24) is 0 Å². The molecule has 1 N–H and O–H groups in total. The number of carbonyl (C=O) groups excluding carboxylic acids is 1. The molecule has 0 radical (unpaired) electrons. The van der Waals surface area contributed by atoms with Gasteiger partial charge in [0.1, 0.15) is 0 Å². The van der Waals surface area contributed by atoms with E-state index in [2.05, 4.69) is 15.9 Å². The molecule has 1 heterocycles. The molecule has 0 saturated carbocycles. The van der Waals surface area contributed by atoms with Crippen LogP contribution in [-0.4, -0.2) is 23.3 Å². The van der Waals surface area contributed by atoms with Gasteiger partial charge in [0.2, 0.25) is 0 Å². The number of aryl methyl sites for hydroxylation is 4. The fourth-order valence-electron chi connectivity index (χ4n) is 3.67. The quantitative estimate of drug-likeness (QED) is 0.358. The molecule has 4 rings (SSSR count). The first-order valence-electron chi connectivity index (χ1n) is 10.7. The molecule has 3 aromatic carbocycles. The smallest absolute Gasteiger partial charge is 0.271 e. The third-order valence-electron chi connectivity index (χ3n) is 5.57. The molecule has 7 heteroatoms. The van der Waals surface area contributed by atoms with Crippen molar-refractivity contribution < 1.29 is 14.6 Å². The normalized spacial score (nSPS) is 16.1. The van der Waals surface area contributed by atoms with Gasteiger partial charge in [-0.25, -0.2) is 4.99 Å². The van der Waals surface area contributed by atoms with E-state index in [0.717, 1.165) is 38.1 Å². The van der Waals surface area contributed by atoms with Crippen molar-refractivity contribution in [2.45, 2.75) is 27.7 Å². The number of aromatic hydroxyl groups is 1. The summed E-state index contributed by atoms with van der Waals surface area (Å²) in [7, 11) is 1.49.